The summed E-state index contributed by atoms with van der Waals surface area (Å²) in [7, 11) is 0. The summed E-state index contributed by atoms with van der Waals surface area (Å²) < 4.78 is 5.90. The highest BCUT2D eigenvalue weighted by atomic mass is 16.5. The zero-order chi connectivity index (χ0) is 23.0. The molecule has 164 valence electrons. The molecule has 4 rings (SSSR count). The van der Waals surface area contributed by atoms with Gasteiger partial charge in [-0.3, -0.25) is 10.2 Å². The summed E-state index contributed by atoms with van der Waals surface area (Å²) in [5.41, 5.74) is 11.6. The van der Waals surface area contributed by atoms with Crippen LogP contribution >= 0.6 is 0 Å². The third kappa shape index (κ3) is 4.24. The molecule has 6 nitrogen and oxygen atoms in total. The quantitative estimate of drug-likeness (QED) is 0.533. The van der Waals surface area contributed by atoms with Crippen LogP contribution in [0.2, 0.25) is 0 Å². The lowest BCUT2D eigenvalue weighted by Gasteiger charge is -2.40. The molecule has 2 aliphatic rings. The molecule has 0 atom stereocenters. The number of amides is 1. The third-order valence-electron chi connectivity index (χ3n) is 6.15. The number of hydrogen-bond donors (Lipinski definition) is 2. The molecule has 0 spiro atoms. The number of rotatable bonds is 6. The van der Waals surface area contributed by atoms with Gasteiger partial charge in [-0.1, -0.05) is 18.2 Å². The maximum absolute atomic E-state index is 13.2. The number of nitrogens with zero attached hydrogens (tertiary/aromatic N) is 2. The molecular weight excluding hydrogens is 400 g/mol. The average Bonchev–Trinajstić information content (AvgIpc) is 3.55. The second-order valence-corrected chi connectivity index (χ2v) is 8.83. The Hall–Kier alpha value is -3.59. The molecule has 6 heteroatoms. The van der Waals surface area contributed by atoms with Gasteiger partial charge in [-0.2, -0.15) is 5.26 Å². The highest BCUT2D eigenvalue weighted by Gasteiger charge is 2.33. The van der Waals surface area contributed by atoms with Gasteiger partial charge < -0.3 is 15.4 Å². The maximum Gasteiger partial charge on any atom is 0.254 e. The largest absolute Gasteiger partial charge is 0.486 e. The molecule has 1 saturated carbocycles. The van der Waals surface area contributed by atoms with Crippen molar-refractivity contribution in [2.24, 2.45) is 5.73 Å². The summed E-state index contributed by atoms with van der Waals surface area (Å²) >= 11 is 0. The Kier molecular flexibility index (Phi) is 5.75. The number of carbonyl (C=O) groups excluding carboxylic acids is 1. The van der Waals surface area contributed by atoms with Gasteiger partial charge >= 0.3 is 0 Å². The van der Waals surface area contributed by atoms with Crippen LogP contribution in [0.1, 0.15) is 63.9 Å². The van der Waals surface area contributed by atoms with Gasteiger partial charge in [-0.25, -0.2) is 0 Å². The van der Waals surface area contributed by atoms with E-state index in [-0.39, 0.29) is 23.6 Å². The summed E-state index contributed by atoms with van der Waals surface area (Å²) in [5.74, 6) is 0.652. The molecule has 1 aliphatic carbocycles. The van der Waals surface area contributed by atoms with E-state index in [1.165, 1.54) is 0 Å². The first kappa shape index (κ1) is 21.6. The minimum absolute atomic E-state index is 0.0282. The fourth-order valence-corrected chi connectivity index (χ4v) is 4.03. The van der Waals surface area contributed by atoms with Gasteiger partial charge in [-0.15, -0.1) is 0 Å². The first-order valence-electron chi connectivity index (χ1n) is 10.9. The number of allylic oxidation sites excluding steroid dienone is 2. The topological polar surface area (TPSA) is 103 Å². The predicted octanol–water partition coefficient (Wildman–Crippen LogP) is 4.15. The van der Waals surface area contributed by atoms with Gasteiger partial charge in [0.15, 0.2) is 5.76 Å². The van der Waals surface area contributed by atoms with Gasteiger partial charge in [0.25, 0.3) is 5.91 Å². The van der Waals surface area contributed by atoms with Crippen LogP contribution in [0, 0.1) is 30.6 Å². The number of aryl methyl sites for hydroxylation is 2. The van der Waals surface area contributed by atoms with Crippen LogP contribution in [-0.4, -0.2) is 35.7 Å². The Balaban J connectivity index is 1.52. The summed E-state index contributed by atoms with van der Waals surface area (Å²) in [4.78, 5) is 15.1. The highest BCUT2D eigenvalue weighted by Crippen LogP contribution is 2.31. The van der Waals surface area contributed by atoms with E-state index in [1.807, 2.05) is 55.1 Å². The Morgan fingerprint density at radius 3 is 2.31 bits per heavy atom. The summed E-state index contributed by atoms with van der Waals surface area (Å²) in [6, 6.07) is 13.4. The number of benzene rings is 2. The standard InChI is InChI=1S/C26H28N4O2/c1-15-10-16(2)23(11-22(15)24(29)25(17(3)28)32-21-8-9-21)26(31)30-13-20(14-30)19-6-4-18(12-27)5-7-19/h4-7,10-11,20-21,29H,8-9,13-14,28H2,1-3H3. The van der Waals surface area contributed by atoms with Crippen molar-refractivity contribution < 1.29 is 9.53 Å². The predicted molar refractivity (Wildman–Crippen MR) is 124 cm³/mol. The van der Waals surface area contributed by atoms with Crippen LogP contribution in [0.4, 0.5) is 0 Å². The molecule has 0 unspecified atom stereocenters. The monoisotopic (exact) mass is 428 g/mol. The number of likely N-dealkylation sites (tertiary alicyclic amines) is 1. The molecule has 1 aliphatic heterocycles. The summed E-state index contributed by atoms with van der Waals surface area (Å²) in [5, 5.41) is 17.7. The van der Waals surface area contributed by atoms with Crippen molar-refractivity contribution >= 4 is 11.6 Å². The van der Waals surface area contributed by atoms with Crippen LogP contribution in [0.15, 0.2) is 47.9 Å². The van der Waals surface area contributed by atoms with Gasteiger partial charge in [0, 0.05) is 35.8 Å². The zero-order valence-corrected chi connectivity index (χ0v) is 18.7. The Morgan fingerprint density at radius 2 is 1.75 bits per heavy atom. The number of nitrogens with two attached hydrogens (primary N) is 1. The first-order chi connectivity index (χ1) is 15.3. The summed E-state index contributed by atoms with van der Waals surface area (Å²) in [6.45, 7) is 6.89. The fraction of sp³-hybridized carbons (Fsp3) is 0.346. The van der Waals surface area contributed by atoms with E-state index in [9.17, 15) is 4.79 Å². The van der Waals surface area contributed by atoms with Crippen LogP contribution in [-0.2, 0) is 4.74 Å². The summed E-state index contributed by atoms with van der Waals surface area (Å²) in [6.07, 6.45) is 2.10. The molecule has 1 amide bonds. The molecule has 1 saturated heterocycles. The second-order valence-electron chi connectivity index (χ2n) is 8.83. The first-order valence-corrected chi connectivity index (χ1v) is 10.9. The molecule has 0 aromatic heterocycles. The van der Waals surface area contributed by atoms with E-state index in [1.54, 1.807) is 6.92 Å². The number of nitrogens with one attached hydrogen (secondary N) is 1. The van der Waals surface area contributed by atoms with Crippen molar-refractivity contribution in [2.75, 3.05) is 13.1 Å². The Bertz CT molecular complexity index is 1140. The lowest BCUT2D eigenvalue weighted by Crippen LogP contribution is -2.48. The minimum Gasteiger partial charge on any atom is -0.486 e. The van der Waals surface area contributed by atoms with Crippen molar-refractivity contribution in [2.45, 2.75) is 45.6 Å². The molecule has 3 N–H and O–H groups in total. The van der Waals surface area contributed by atoms with Gasteiger partial charge in [0.1, 0.15) is 5.71 Å². The SMILES string of the molecule is CC(N)=C(OC1CC1)C(=N)c1cc(C(=O)N2CC(c3ccc(C#N)cc3)C2)c(C)cc1C. The van der Waals surface area contributed by atoms with E-state index in [0.29, 0.717) is 41.2 Å². The van der Waals surface area contributed by atoms with E-state index >= 15 is 0 Å². The van der Waals surface area contributed by atoms with E-state index < -0.39 is 0 Å². The van der Waals surface area contributed by atoms with Gasteiger partial charge in [0.2, 0.25) is 0 Å². The van der Waals surface area contributed by atoms with Crippen molar-refractivity contribution in [1.82, 2.24) is 4.90 Å². The molecule has 2 fully saturated rings. The van der Waals surface area contributed by atoms with Crippen LogP contribution in [0.25, 0.3) is 0 Å². The van der Waals surface area contributed by atoms with E-state index in [4.69, 9.17) is 21.1 Å². The number of ether oxygens (including phenoxy) is 1. The van der Waals surface area contributed by atoms with Crippen molar-refractivity contribution in [1.29, 1.82) is 10.7 Å². The van der Waals surface area contributed by atoms with E-state index in [0.717, 1.165) is 29.5 Å². The van der Waals surface area contributed by atoms with Gasteiger partial charge in [-0.05, 0) is 68.5 Å². The minimum atomic E-state index is -0.0282. The molecule has 2 aromatic rings. The van der Waals surface area contributed by atoms with Gasteiger partial charge in [0.05, 0.1) is 17.7 Å². The van der Waals surface area contributed by atoms with Crippen LogP contribution in [0.5, 0.6) is 0 Å². The third-order valence-corrected chi connectivity index (χ3v) is 6.15. The van der Waals surface area contributed by atoms with Crippen molar-refractivity contribution in [3.05, 3.63) is 81.2 Å². The van der Waals surface area contributed by atoms with Crippen LogP contribution < -0.4 is 5.73 Å². The average molecular weight is 429 g/mol. The molecule has 1 heterocycles. The normalized spacial score (nSPS) is 16.6. The second kappa shape index (κ2) is 8.51. The zero-order valence-electron chi connectivity index (χ0n) is 18.7. The maximum atomic E-state index is 13.2. The van der Waals surface area contributed by atoms with E-state index in [2.05, 4.69) is 6.07 Å². The number of hydrogen-bond acceptors (Lipinski definition) is 5. The van der Waals surface area contributed by atoms with Crippen molar-refractivity contribution in [3.8, 4) is 6.07 Å². The molecule has 2 aromatic carbocycles. The molecule has 0 bridgehead atoms. The number of carbonyl (C=O) groups is 1. The highest BCUT2D eigenvalue weighted by molar-refractivity contribution is 6.12. The smallest absolute Gasteiger partial charge is 0.254 e. The van der Waals surface area contributed by atoms with Crippen molar-refractivity contribution in [3.63, 3.8) is 0 Å². The molecular formula is C26H28N4O2. The fourth-order valence-electron chi connectivity index (χ4n) is 4.03. The molecule has 0 radical (unpaired) electrons. The Morgan fingerprint density at radius 1 is 1.12 bits per heavy atom. The number of nitriles is 1. The lowest BCUT2D eigenvalue weighted by atomic mass is 9.89. The van der Waals surface area contributed by atoms with Crippen LogP contribution in [0.3, 0.4) is 0 Å². The Labute approximate surface area is 188 Å². The molecule has 32 heavy (non-hydrogen) atoms. The lowest BCUT2D eigenvalue weighted by molar-refractivity contribution is 0.0601.